The molecule has 1 atom stereocenters. The van der Waals surface area contributed by atoms with Crippen LogP contribution < -0.4 is 9.78 Å². The number of rotatable bonds is 7. The van der Waals surface area contributed by atoms with Gasteiger partial charge in [0.15, 0.2) is 0 Å². The normalized spacial score (nSPS) is 12.0. The van der Waals surface area contributed by atoms with Gasteiger partial charge >= 0.3 is 145 Å². The average molecular weight is 366 g/mol. The van der Waals surface area contributed by atoms with Crippen LogP contribution in [0.1, 0.15) is 17.2 Å². The van der Waals surface area contributed by atoms with E-state index in [0.29, 0.717) is 21.0 Å². The van der Waals surface area contributed by atoms with E-state index in [1.165, 1.54) is 15.6 Å². The van der Waals surface area contributed by atoms with E-state index in [2.05, 4.69) is 96.3 Å². The van der Waals surface area contributed by atoms with Gasteiger partial charge in [-0.3, -0.25) is 0 Å². The van der Waals surface area contributed by atoms with Crippen molar-refractivity contribution in [1.29, 1.82) is 0 Å². The first-order chi connectivity index (χ1) is 11.4. The van der Waals surface area contributed by atoms with Crippen LogP contribution in [0, 0.1) is 0 Å². The predicted molar refractivity (Wildman–Crippen MR) is 99.1 cm³/mol. The maximum atomic E-state index is 3.74. The Morgan fingerprint density at radius 3 is 1.91 bits per heavy atom. The molecule has 116 valence electrons. The van der Waals surface area contributed by atoms with E-state index < -0.39 is 0 Å². The zero-order chi connectivity index (χ0) is 15.7. The van der Waals surface area contributed by atoms with Gasteiger partial charge in [-0.05, 0) is 0 Å². The second-order valence-electron chi connectivity index (χ2n) is 5.45. The summed E-state index contributed by atoms with van der Waals surface area (Å²) in [4.78, 5) is 0. The summed E-state index contributed by atoms with van der Waals surface area (Å²) in [7, 11) is 0. The molecule has 0 amide bonds. The monoisotopic (exact) mass is 367 g/mol. The predicted octanol–water partition coefficient (Wildman–Crippen LogP) is 3.97. The van der Waals surface area contributed by atoms with Gasteiger partial charge in [-0.2, -0.15) is 0 Å². The van der Waals surface area contributed by atoms with Gasteiger partial charge in [-0.25, -0.2) is 0 Å². The molecule has 0 bridgehead atoms. The second kappa shape index (κ2) is 8.69. The fourth-order valence-electron chi connectivity index (χ4n) is 2.49. The van der Waals surface area contributed by atoms with E-state index in [1.807, 2.05) is 0 Å². The quantitative estimate of drug-likeness (QED) is 0.624. The molecular formula is C21H21NSe. The Bertz CT molecular complexity index is 639. The van der Waals surface area contributed by atoms with E-state index in [9.17, 15) is 0 Å². The molecule has 0 aliphatic heterocycles. The molecule has 0 fully saturated rings. The van der Waals surface area contributed by atoms with Crippen molar-refractivity contribution in [2.75, 3.05) is 0 Å². The molecule has 0 heterocycles. The minimum absolute atomic E-state index is 0.400. The van der Waals surface area contributed by atoms with E-state index in [4.69, 9.17) is 0 Å². The molecule has 3 aromatic carbocycles. The minimum atomic E-state index is 0.400. The Balaban J connectivity index is 1.66. The Morgan fingerprint density at radius 2 is 1.26 bits per heavy atom. The van der Waals surface area contributed by atoms with Crippen LogP contribution in [0.3, 0.4) is 0 Å². The molecule has 0 saturated heterocycles. The molecule has 3 rings (SSSR count). The van der Waals surface area contributed by atoms with Gasteiger partial charge in [-0.1, -0.05) is 0 Å². The van der Waals surface area contributed by atoms with Gasteiger partial charge in [-0.15, -0.1) is 0 Å². The van der Waals surface area contributed by atoms with Crippen molar-refractivity contribution in [3.05, 3.63) is 102 Å². The Labute approximate surface area is 144 Å². The first kappa shape index (κ1) is 16.0. The maximum absolute atomic E-state index is 3.74. The fourth-order valence-corrected chi connectivity index (χ4v) is 4.63. The summed E-state index contributed by atoms with van der Waals surface area (Å²) < 4.78 is 1.46. The van der Waals surface area contributed by atoms with Crippen molar-refractivity contribution in [2.24, 2.45) is 0 Å². The van der Waals surface area contributed by atoms with Gasteiger partial charge in [0.05, 0.1) is 0 Å². The van der Waals surface area contributed by atoms with Crippen molar-refractivity contribution in [3.63, 3.8) is 0 Å². The van der Waals surface area contributed by atoms with Crippen LogP contribution in [0.4, 0.5) is 0 Å². The number of hydrogen-bond donors (Lipinski definition) is 1. The Kier molecular flexibility index (Phi) is 6.05. The first-order valence-corrected chi connectivity index (χ1v) is 9.99. The summed E-state index contributed by atoms with van der Waals surface area (Å²) in [5.41, 5.74) is 2.71. The third kappa shape index (κ3) is 5.07. The number of hydrogen-bond acceptors (Lipinski definition) is 1. The van der Waals surface area contributed by atoms with Crippen LogP contribution >= 0.6 is 0 Å². The molecule has 0 radical (unpaired) electrons. The molecule has 0 saturated carbocycles. The van der Waals surface area contributed by atoms with Gasteiger partial charge in [0, 0.05) is 0 Å². The average Bonchev–Trinajstić information content (AvgIpc) is 2.64. The summed E-state index contributed by atoms with van der Waals surface area (Å²) >= 11 is 0.478. The van der Waals surface area contributed by atoms with Crippen molar-refractivity contribution >= 4 is 19.4 Å². The van der Waals surface area contributed by atoms with E-state index in [-0.39, 0.29) is 0 Å². The summed E-state index contributed by atoms with van der Waals surface area (Å²) in [5.74, 6) is 0. The molecule has 3 aromatic rings. The van der Waals surface area contributed by atoms with Crippen molar-refractivity contribution in [3.8, 4) is 0 Å². The van der Waals surface area contributed by atoms with Gasteiger partial charge in [0.1, 0.15) is 0 Å². The van der Waals surface area contributed by atoms with Crippen LogP contribution in [0.25, 0.3) is 0 Å². The van der Waals surface area contributed by atoms with Crippen molar-refractivity contribution in [1.82, 2.24) is 5.32 Å². The molecule has 1 unspecified atom stereocenters. The van der Waals surface area contributed by atoms with Crippen molar-refractivity contribution < 1.29 is 0 Å². The zero-order valence-electron chi connectivity index (χ0n) is 13.1. The molecule has 0 aromatic heterocycles. The standard InChI is InChI=1S/C21H21NSe/c1-4-10-18(11-5-1)16-22-21(19-12-6-2-7-13-19)17-23-20-14-8-3-9-15-20/h1-15,21-22H,16-17H2. The van der Waals surface area contributed by atoms with Crippen molar-refractivity contribution in [2.45, 2.75) is 17.9 Å². The topological polar surface area (TPSA) is 12.0 Å². The Morgan fingerprint density at radius 1 is 0.696 bits per heavy atom. The van der Waals surface area contributed by atoms with E-state index in [1.54, 1.807) is 0 Å². The summed E-state index contributed by atoms with van der Waals surface area (Å²) in [6.45, 7) is 0.908. The van der Waals surface area contributed by atoms with Gasteiger partial charge < -0.3 is 0 Å². The molecule has 0 aliphatic rings. The van der Waals surface area contributed by atoms with Gasteiger partial charge in [0.25, 0.3) is 0 Å². The van der Waals surface area contributed by atoms with Crippen LogP contribution in [0.5, 0.6) is 0 Å². The summed E-state index contributed by atoms with van der Waals surface area (Å²) in [6.07, 6.45) is 0. The van der Waals surface area contributed by atoms with E-state index >= 15 is 0 Å². The van der Waals surface area contributed by atoms with Gasteiger partial charge in [0.2, 0.25) is 0 Å². The van der Waals surface area contributed by atoms with E-state index in [0.717, 1.165) is 11.9 Å². The number of benzene rings is 3. The molecular weight excluding hydrogens is 345 g/mol. The SMILES string of the molecule is c1ccc(CNC(C[Se]c2ccccc2)c2ccccc2)cc1. The third-order valence-corrected chi connectivity index (χ3v) is 6.08. The molecule has 0 spiro atoms. The summed E-state index contributed by atoms with van der Waals surface area (Å²) in [5, 5.41) is 4.90. The molecule has 1 nitrogen and oxygen atoms in total. The van der Waals surface area contributed by atoms with Crippen LogP contribution in [-0.2, 0) is 6.54 Å². The van der Waals surface area contributed by atoms with Crippen LogP contribution in [0.15, 0.2) is 91.0 Å². The zero-order valence-corrected chi connectivity index (χ0v) is 14.8. The Hall–Kier alpha value is -1.86. The van der Waals surface area contributed by atoms with Crippen LogP contribution in [0.2, 0.25) is 5.32 Å². The third-order valence-electron chi connectivity index (χ3n) is 3.76. The summed E-state index contributed by atoms with van der Waals surface area (Å²) in [6, 6.07) is 32.6. The number of nitrogens with one attached hydrogen (secondary N) is 1. The fraction of sp³-hybridized carbons (Fsp3) is 0.143. The second-order valence-corrected chi connectivity index (χ2v) is 7.75. The molecule has 1 N–H and O–H groups in total. The first-order valence-electron chi connectivity index (χ1n) is 7.92. The molecule has 2 heteroatoms. The molecule has 23 heavy (non-hydrogen) atoms. The molecule has 0 aliphatic carbocycles. The van der Waals surface area contributed by atoms with Crippen LogP contribution in [-0.4, -0.2) is 15.0 Å².